The van der Waals surface area contributed by atoms with Gasteiger partial charge in [0, 0.05) is 13.1 Å². The highest BCUT2D eigenvalue weighted by molar-refractivity contribution is 6.01. The lowest BCUT2D eigenvalue weighted by Crippen LogP contribution is -2.31. The van der Waals surface area contributed by atoms with Crippen LogP contribution in [-0.2, 0) is 19.3 Å². The number of carbonyl (C=O) groups is 2. The average molecular weight is 472 g/mol. The fraction of sp³-hybridized carbons (Fsp3) is 0.292. The molecule has 1 aliphatic rings. The van der Waals surface area contributed by atoms with Crippen LogP contribution in [0, 0.1) is 6.92 Å². The molecule has 10 heteroatoms. The van der Waals surface area contributed by atoms with Crippen molar-refractivity contribution in [2.24, 2.45) is 0 Å². The lowest BCUT2D eigenvalue weighted by molar-refractivity contribution is -0.141. The van der Waals surface area contributed by atoms with Crippen molar-refractivity contribution in [1.82, 2.24) is 15.1 Å². The SMILES string of the molecule is Cc1ccc(CN2CCn3nc(C(F)(F)F)c(C(=O)NC(C)c4ccc(C(=O)O)cc4)c32)cc1. The smallest absolute Gasteiger partial charge is 0.436 e. The number of halogens is 3. The fourth-order valence-corrected chi connectivity index (χ4v) is 3.99. The molecule has 0 saturated carbocycles. The third-order valence-electron chi connectivity index (χ3n) is 5.80. The topological polar surface area (TPSA) is 87.5 Å². The number of fused-ring (bicyclic) bond motifs is 1. The minimum Gasteiger partial charge on any atom is -0.478 e. The average Bonchev–Trinajstić information content (AvgIpc) is 3.35. The highest BCUT2D eigenvalue weighted by atomic mass is 19.4. The molecule has 4 rings (SSSR count). The number of carboxylic acid groups (broad SMARTS) is 1. The summed E-state index contributed by atoms with van der Waals surface area (Å²) in [4.78, 5) is 25.9. The number of rotatable bonds is 6. The summed E-state index contributed by atoms with van der Waals surface area (Å²) in [6.45, 7) is 4.58. The van der Waals surface area contributed by atoms with Crippen LogP contribution in [0.5, 0.6) is 0 Å². The first kappa shape index (κ1) is 23.3. The number of hydrogen-bond acceptors (Lipinski definition) is 4. The molecule has 0 aliphatic carbocycles. The second kappa shape index (κ2) is 8.85. The molecule has 3 aromatic rings. The van der Waals surface area contributed by atoms with Gasteiger partial charge in [-0.15, -0.1) is 0 Å². The summed E-state index contributed by atoms with van der Waals surface area (Å²) in [5.74, 6) is -1.85. The molecular formula is C24H23F3N4O3. The zero-order valence-electron chi connectivity index (χ0n) is 18.6. The molecule has 0 radical (unpaired) electrons. The van der Waals surface area contributed by atoms with E-state index in [1.165, 1.54) is 28.9 Å². The van der Waals surface area contributed by atoms with E-state index in [4.69, 9.17) is 5.11 Å². The number of nitrogens with zero attached hydrogens (tertiary/aromatic N) is 3. The van der Waals surface area contributed by atoms with Crippen LogP contribution >= 0.6 is 0 Å². The van der Waals surface area contributed by atoms with Crippen molar-refractivity contribution < 1.29 is 27.9 Å². The van der Waals surface area contributed by atoms with Gasteiger partial charge < -0.3 is 15.3 Å². The highest BCUT2D eigenvalue weighted by Crippen LogP contribution is 2.38. The van der Waals surface area contributed by atoms with E-state index in [2.05, 4.69) is 10.4 Å². The van der Waals surface area contributed by atoms with Gasteiger partial charge in [0.05, 0.1) is 18.2 Å². The molecule has 0 fully saturated rings. The molecule has 1 atom stereocenters. The molecule has 1 amide bonds. The van der Waals surface area contributed by atoms with Gasteiger partial charge in [0.2, 0.25) is 0 Å². The van der Waals surface area contributed by atoms with Crippen molar-refractivity contribution in [3.63, 3.8) is 0 Å². The van der Waals surface area contributed by atoms with Gasteiger partial charge in [-0.1, -0.05) is 42.0 Å². The first-order valence-electron chi connectivity index (χ1n) is 10.7. The Morgan fingerprint density at radius 1 is 1.09 bits per heavy atom. The maximum Gasteiger partial charge on any atom is 0.436 e. The van der Waals surface area contributed by atoms with E-state index in [1.54, 1.807) is 11.8 Å². The van der Waals surface area contributed by atoms with Crippen LogP contribution in [0.2, 0.25) is 0 Å². The van der Waals surface area contributed by atoms with Gasteiger partial charge in [0.15, 0.2) is 5.69 Å². The summed E-state index contributed by atoms with van der Waals surface area (Å²) in [6, 6.07) is 12.8. The van der Waals surface area contributed by atoms with Crippen molar-refractivity contribution in [3.05, 3.63) is 82.0 Å². The number of hydrogen-bond donors (Lipinski definition) is 2. The molecule has 2 heterocycles. The van der Waals surface area contributed by atoms with Gasteiger partial charge in [-0.05, 0) is 37.1 Å². The van der Waals surface area contributed by atoms with Crippen LogP contribution in [0.1, 0.15) is 56.1 Å². The number of benzene rings is 2. The van der Waals surface area contributed by atoms with Crippen LogP contribution in [0.25, 0.3) is 0 Å². The second-order valence-corrected chi connectivity index (χ2v) is 8.30. The van der Waals surface area contributed by atoms with E-state index < -0.39 is 35.4 Å². The Labute approximate surface area is 193 Å². The number of nitrogens with one attached hydrogen (secondary N) is 1. The molecule has 0 spiro atoms. The first-order chi connectivity index (χ1) is 16.0. The maximum atomic E-state index is 13.8. The van der Waals surface area contributed by atoms with Crippen molar-refractivity contribution in [2.75, 3.05) is 11.4 Å². The maximum absolute atomic E-state index is 13.8. The number of aryl methyl sites for hydroxylation is 1. The summed E-state index contributed by atoms with van der Waals surface area (Å²) >= 11 is 0. The van der Waals surface area contributed by atoms with Gasteiger partial charge in [-0.3, -0.25) is 4.79 Å². The van der Waals surface area contributed by atoms with E-state index in [0.29, 0.717) is 18.7 Å². The molecule has 1 unspecified atom stereocenters. The third kappa shape index (κ3) is 4.61. The standard InChI is InChI=1S/C24H23F3N4O3/c1-14-3-5-16(6-4-14)13-30-11-12-31-22(30)19(20(29-31)24(25,26)27)21(32)28-15(2)17-7-9-18(10-8-17)23(33)34/h3-10,15H,11-13H2,1-2H3,(H,28,32)(H,33,34). The molecule has 2 aromatic carbocycles. The van der Waals surface area contributed by atoms with Gasteiger partial charge in [0.25, 0.3) is 5.91 Å². The minimum absolute atomic E-state index is 0.0721. The number of anilines is 1. The molecule has 0 bridgehead atoms. The normalized spacial score (nSPS) is 14.1. The van der Waals surface area contributed by atoms with Crippen molar-refractivity contribution in [1.29, 1.82) is 0 Å². The Morgan fingerprint density at radius 2 is 1.74 bits per heavy atom. The number of aromatic carboxylic acids is 1. The Bertz CT molecular complexity index is 1220. The number of carbonyl (C=O) groups excluding carboxylic acids is 1. The van der Waals surface area contributed by atoms with E-state index in [9.17, 15) is 22.8 Å². The van der Waals surface area contributed by atoms with Gasteiger partial charge in [-0.2, -0.15) is 18.3 Å². The summed E-state index contributed by atoms with van der Waals surface area (Å²) in [5.41, 5.74) is 0.885. The van der Waals surface area contributed by atoms with Gasteiger partial charge in [0.1, 0.15) is 11.4 Å². The number of alkyl halides is 3. The lowest BCUT2D eigenvalue weighted by atomic mass is 10.1. The highest BCUT2D eigenvalue weighted by Gasteiger charge is 2.44. The Morgan fingerprint density at radius 3 is 2.32 bits per heavy atom. The second-order valence-electron chi connectivity index (χ2n) is 8.30. The lowest BCUT2D eigenvalue weighted by Gasteiger charge is -2.21. The number of amides is 1. The molecule has 1 aliphatic heterocycles. The largest absolute Gasteiger partial charge is 0.478 e. The zero-order valence-corrected chi connectivity index (χ0v) is 18.6. The van der Waals surface area contributed by atoms with Gasteiger partial charge in [-0.25, -0.2) is 9.48 Å². The van der Waals surface area contributed by atoms with E-state index in [0.717, 1.165) is 11.1 Å². The van der Waals surface area contributed by atoms with Crippen LogP contribution in [-0.4, -0.2) is 33.3 Å². The molecule has 34 heavy (non-hydrogen) atoms. The Hall–Kier alpha value is -3.82. The van der Waals surface area contributed by atoms with Crippen LogP contribution in [0.4, 0.5) is 19.0 Å². The monoisotopic (exact) mass is 472 g/mol. The third-order valence-corrected chi connectivity index (χ3v) is 5.80. The quantitative estimate of drug-likeness (QED) is 0.555. The Kier molecular flexibility index (Phi) is 6.07. The molecule has 1 aromatic heterocycles. The zero-order chi connectivity index (χ0) is 24.6. The number of carboxylic acids is 1. The Balaban J connectivity index is 1.64. The summed E-state index contributed by atoms with van der Waals surface area (Å²) in [7, 11) is 0. The van der Waals surface area contributed by atoms with Crippen molar-refractivity contribution >= 4 is 17.7 Å². The van der Waals surface area contributed by atoms with E-state index >= 15 is 0 Å². The van der Waals surface area contributed by atoms with Crippen LogP contribution in [0.15, 0.2) is 48.5 Å². The summed E-state index contributed by atoms with van der Waals surface area (Å²) in [5, 5.41) is 15.4. The molecular weight excluding hydrogens is 449 g/mol. The first-order valence-corrected chi connectivity index (χ1v) is 10.7. The van der Waals surface area contributed by atoms with Gasteiger partial charge >= 0.3 is 12.1 Å². The molecule has 0 saturated heterocycles. The molecule has 2 N–H and O–H groups in total. The predicted molar refractivity (Wildman–Crippen MR) is 119 cm³/mol. The summed E-state index contributed by atoms with van der Waals surface area (Å²) < 4.78 is 42.7. The molecule has 7 nitrogen and oxygen atoms in total. The van der Waals surface area contributed by atoms with Crippen molar-refractivity contribution in [2.45, 2.75) is 39.2 Å². The predicted octanol–water partition coefficient (Wildman–Crippen LogP) is 4.42. The fourth-order valence-electron chi connectivity index (χ4n) is 3.99. The van der Waals surface area contributed by atoms with Crippen LogP contribution in [0.3, 0.4) is 0 Å². The number of aromatic nitrogens is 2. The summed E-state index contributed by atoms with van der Waals surface area (Å²) in [6.07, 6.45) is -4.80. The van der Waals surface area contributed by atoms with E-state index in [-0.39, 0.29) is 17.9 Å². The van der Waals surface area contributed by atoms with Crippen LogP contribution < -0.4 is 10.2 Å². The minimum atomic E-state index is -4.80. The van der Waals surface area contributed by atoms with Crippen molar-refractivity contribution in [3.8, 4) is 0 Å². The molecule has 178 valence electrons. The van der Waals surface area contributed by atoms with E-state index in [1.807, 2.05) is 31.2 Å².